The molecule has 1 saturated heterocycles. The zero-order chi connectivity index (χ0) is 16.7. The quantitative estimate of drug-likeness (QED) is 0.282. The average molecular weight is 484 g/mol. The predicted octanol–water partition coefficient (Wildman–Crippen LogP) is 2.39. The van der Waals surface area contributed by atoms with Crippen LogP contribution in [0, 0.1) is 0 Å². The Morgan fingerprint density at radius 3 is 2.67 bits per heavy atom. The normalized spacial score (nSPS) is 16.3. The summed E-state index contributed by atoms with van der Waals surface area (Å²) in [4.78, 5) is 5.05. The van der Waals surface area contributed by atoms with Crippen molar-refractivity contribution in [2.75, 3.05) is 26.7 Å². The third-order valence-corrected chi connectivity index (χ3v) is 7.06. The van der Waals surface area contributed by atoms with Crippen molar-refractivity contribution in [3.05, 3.63) is 29.7 Å². The Balaban J connectivity index is 0.00000288. The van der Waals surface area contributed by atoms with Gasteiger partial charge in [-0.2, -0.15) is 4.31 Å². The lowest BCUT2D eigenvalue weighted by Gasteiger charge is -2.25. The summed E-state index contributed by atoms with van der Waals surface area (Å²) in [5.74, 6) is 0.665. The molecule has 1 aromatic heterocycles. The number of nitrogens with one attached hydrogen (secondary N) is 2. The first-order valence-corrected chi connectivity index (χ1v) is 9.98. The molecule has 1 aliphatic rings. The Labute approximate surface area is 165 Å². The Morgan fingerprint density at radius 1 is 1.33 bits per heavy atom. The maximum absolute atomic E-state index is 12.6. The highest BCUT2D eigenvalue weighted by Gasteiger charge is 2.27. The first kappa shape index (κ1) is 21.4. The Hall–Kier alpha value is -0.650. The second-order valence-electron chi connectivity index (χ2n) is 5.28. The number of guanidine groups is 1. The minimum Gasteiger partial charge on any atom is -0.353 e. The zero-order valence-corrected chi connectivity index (χ0v) is 17.8. The molecule has 0 radical (unpaired) electrons. The molecule has 24 heavy (non-hydrogen) atoms. The van der Waals surface area contributed by atoms with Gasteiger partial charge in [0.1, 0.15) is 4.21 Å². The van der Waals surface area contributed by atoms with E-state index >= 15 is 0 Å². The molecule has 2 heterocycles. The van der Waals surface area contributed by atoms with E-state index in [2.05, 4.69) is 22.2 Å². The summed E-state index contributed by atoms with van der Waals surface area (Å²) in [6.45, 7) is 6.07. The van der Waals surface area contributed by atoms with E-state index in [4.69, 9.17) is 0 Å². The van der Waals surface area contributed by atoms with Crippen molar-refractivity contribution >= 4 is 51.3 Å². The van der Waals surface area contributed by atoms with Gasteiger partial charge in [0, 0.05) is 31.6 Å². The van der Waals surface area contributed by atoms with Crippen molar-refractivity contribution in [3.63, 3.8) is 0 Å². The molecule has 6 nitrogen and oxygen atoms in total. The summed E-state index contributed by atoms with van der Waals surface area (Å²) in [5, 5.41) is 6.23. The first-order valence-electron chi connectivity index (χ1n) is 7.72. The minimum absolute atomic E-state index is 0. The fourth-order valence-corrected chi connectivity index (χ4v) is 5.35. The van der Waals surface area contributed by atoms with Gasteiger partial charge in [0.15, 0.2) is 5.96 Å². The van der Waals surface area contributed by atoms with E-state index in [0.29, 0.717) is 36.3 Å². The molecule has 1 fully saturated rings. The smallest absolute Gasteiger partial charge is 0.252 e. The molecule has 0 aromatic carbocycles. The van der Waals surface area contributed by atoms with Gasteiger partial charge in [-0.25, -0.2) is 8.42 Å². The van der Waals surface area contributed by atoms with E-state index in [-0.39, 0.29) is 24.0 Å². The minimum atomic E-state index is -3.33. The van der Waals surface area contributed by atoms with Crippen LogP contribution >= 0.6 is 35.3 Å². The molecule has 0 atom stereocenters. The third-order valence-electron chi connectivity index (χ3n) is 3.61. The SMILES string of the molecule is C=CCNC(=NC)NCc1ccc(S(=O)(=O)N2CCCCC2)s1.I. The third kappa shape index (κ3) is 5.71. The van der Waals surface area contributed by atoms with Crippen molar-refractivity contribution in [3.8, 4) is 0 Å². The standard InChI is InChI=1S/C15H24N4O2S2.HI/c1-3-9-17-15(16-2)18-12-13-7-8-14(22-13)23(20,21)19-10-5-4-6-11-19;/h3,7-8H,1,4-6,9-12H2,2H3,(H2,16,17,18);1H. The summed E-state index contributed by atoms with van der Waals surface area (Å²) in [6.07, 6.45) is 4.76. The van der Waals surface area contributed by atoms with E-state index in [1.807, 2.05) is 6.07 Å². The van der Waals surface area contributed by atoms with Crippen molar-refractivity contribution in [2.45, 2.75) is 30.0 Å². The maximum Gasteiger partial charge on any atom is 0.252 e. The molecule has 9 heteroatoms. The van der Waals surface area contributed by atoms with Gasteiger partial charge in [-0.3, -0.25) is 4.99 Å². The van der Waals surface area contributed by atoms with Crippen molar-refractivity contribution < 1.29 is 8.42 Å². The molecular weight excluding hydrogens is 459 g/mol. The monoisotopic (exact) mass is 484 g/mol. The lowest BCUT2D eigenvalue weighted by atomic mass is 10.2. The summed E-state index contributed by atoms with van der Waals surface area (Å²) in [5.41, 5.74) is 0. The highest BCUT2D eigenvalue weighted by molar-refractivity contribution is 14.0. The van der Waals surface area contributed by atoms with Gasteiger partial charge < -0.3 is 10.6 Å². The number of rotatable bonds is 6. The number of aliphatic imine (C=N–C) groups is 1. The highest BCUT2D eigenvalue weighted by atomic mass is 127. The lowest BCUT2D eigenvalue weighted by Crippen LogP contribution is -2.36. The van der Waals surface area contributed by atoms with Crippen LogP contribution in [0.4, 0.5) is 0 Å². The summed E-state index contributed by atoms with van der Waals surface area (Å²) in [6, 6.07) is 3.56. The van der Waals surface area contributed by atoms with Crippen LogP contribution < -0.4 is 10.6 Å². The van der Waals surface area contributed by atoms with Gasteiger partial charge in [0.05, 0.1) is 6.54 Å². The molecule has 1 aliphatic heterocycles. The number of hydrogen-bond acceptors (Lipinski definition) is 4. The molecule has 0 unspecified atom stereocenters. The predicted molar refractivity (Wildman–Crippen MR) is 111 cm³/mol. The van der Waals surface area contributed by atoms with E-state index in [1.165, 1.54) is 11.3 Å². The van der Waals surface area contributed by atoms with Crippen molar-refractivity contribution in [1.82, 2.24) is 14.9 Å². The number of hydrogen-bond donors (Lipinski definition) is 2. The molecule has 0 bridgehead atoms. The van der Waals surface area contributed by atoms with Crippen LogP contribution in [0.15, 0.2) is 34.0 Å². The van der Waals surface area contributed by atoms with Crippen LogP contribution in [0.25, 0.3) is 0 Å². The summed E-state index contributed by atoms with van der Waals surface area (Å²) >= 11 is 1.31. The maximum atomic E-state index is 12.6. The molecule has 2 rings (SSSR count). The molecule has 136 valence electrons. The van der Waals surface area contributed by atoms with Gasteiger partial charge in [0.2, 0.25) is 0 Å². The van der Waals surface area contributed by atoms with Crippen molar-refractivity contribution in [2.24, 2.45) is 4.99 Å². The van der Waals surface area contributed by atoms with Crippen LogP contribution in [-0.2, 0) is 16.6 Å². The largest absolute Gasteiger partial charge is 0.353 e. The van der Waals surface area contributed by atoms with Crippen LogP contribution in [0.2, 0.25) is 0 Å². The number of nitrogens with zero attached hydrogens (tertiary/aromatic N) is 2. The first-order chi connectivity index (χ1) is 11.1. The van der Waals surface area contributed by atoms with Crippen LogP contribution in [-0.4, -0.2) is 45.4 Å². The molecule has 0 saturated carbocycles. The number of sulfonamides is 1. The topological polar surface area (TPSA) is 73.8 Å². The van der Waals surface area contributed by atoms with Crippen LogP contribution in [0.1, 0.15) is 24.1 Å². The fraction of sp³-hybridized carbons (Fsp3) is 0.533. The molecule has 0 spiro atoms. The highest BCUT2D eigenvalue weighted by Crippen LogP contribution is 2.26. The van der Waals surface area contributed by atoms with Gasteiger partial charge in [0.25, 0.3) is 10.0 Å². The zero-order valence-electron chi connectivity index (χ0n) is 13.8. The van der Waals surface area contributed by atoms with E-state index in [0.717, 1.165) is 24.1 Å². The Kier molecular flexibility index (Phi) is 9.24. The second kappa shape index (κ2) is 10.4. The molecule has 0 amide bonds. The fourth-order valence-electron chi connectivity index (χ4n) is 2.38. The van der Waals surface area contributed by atoms with E-state index in [1.54, 1.807) is 23.5 Å². The Bertz CT molecular complexity index is 652. The van der Waals surface area contributed by atoms with Gasteiger partial charge in [-0.15, -0.1) is 41.9 Å². The number of halogens is 1. The molecule has 1 aromatic rings. The van der Waals surface area contributed by atoms with Crippen LogP contribution in [0.5, 0.6) is 0 Å². The lowest BCUT2D eigenvalue weighted by molar-refractivity contribution is 0.347. The molecule has 0 aliphatic carbocycles. The number of thiophene rings is 1. The second-order valence-corrected chi connectivity index (χ2v) is 8.61. The van der Waals surface area contributed by atoms with Gasteiger partial charge >= 0.3 is 0 Å². The van der Waals surface area contributed by atoms with Crippen molar-refractivity contribution in [1.29, 1.82) is 0 Å². The summed E-state index contributed by atoms with van der Waals surface area (Å²) < 4.78 is 27.2. The van der Waals surface area contributed by atoms with Gasteiger partial charge in [-0.1, -0.05) is 12.5 Å². The van der Waals surface area contributed by atoms with Crippen LogP contribution in [0.3, 0.4) is 0 Å². The Morgan fingerprint density at radius 2 is 2.04 bits per heavy atom. The van der Waals surface area contributed by atoms with Gasteiger partial charge in [-0.05, 0) is 25.0 Å². The molecular formula is C15H25IN4O2S2. The van der Waals surface area contributed by atoms with E-state index in [9.17, 15) is 8.42 Å². The number of piperidine rings is 1. The average Bonchev–Trinajstić information content (AvgIpc) is 3.06. The molecule has 2 N–H and O–H groups in total. The van der Waals surface area contributed by atoms with E-state index < -0.39 is 10.0 Å². The summed E-state index contributed by atoms with van der Waals surface area (Å²) in [7, 11) is -1.64.